The van der Waals surface area contributed by atoms with E-state index in [1.54, 1.807) is 30.9 Å². The van der Waals surface area contributed by atoms with E-state index in [2.05, 4.69) is 5.32 Å². The molecule has 0 amide bonds. The number of benzene rings is 2. The Morgan fingerprint density at radius 1 is 1.26 bits per heavy atom. The number of thiocarbonyl (C=S) groups is 1. The van der Waals surface area contributed by atoms with E-state index in [0.717, 1.165) is 11.3 Å². The maximum Gasteiger partial charge on any atom is 0.337 e. The van der Waals surface area contributed by atoms with Gasteiger partial charge in [0.15, 0.2) is 5.11 Å². The lowest BCUT2D eigenvalue weighted by Crippen LogP contribution is -2.48. The monoisotopic (exact) mass is 443 g/mol. The van der Waals surface area contributed by atoms with Crippen LogP contribution in [0.15, 0.2) is 53.7 Å². The average Bonchev–Trinajstić information content (AvgIpc) is 2.75. The van der Waals surface area contributed by atoms with Crippen LogP contribution in [0.3, 0.4) is 0 Å². The van der Waals surface area contributed by atoms with Gasteiger partial charge in [0.25, 0.3) is 0 Å². The number of likely N-dealkylation sites (N-methyl/N-ethyl adjacent to an activating group) is 1. The Morgan fingerprint density at radius 3 is 2.52 bits per heavy atom. The van der Waals surface area contributed by atoms with E-state index in [1.807, 2.05) is 36.2 Å². The van der Waals surface area contributed by atoms with E-state index in [9.17, 15) is 9.18 Å². The molecule has 3 rings (SSSR count). The number of nitrogens with zero attached hydrogens (tertiary/aromatic N) is 2. The van der Waals surface area contributed by atoms with E-state index < -0.39 is 12.0 Å². The van der Waals surface area contributed by atoms with Gasteiger partial charge >= 0.3 is 5.97 Å². The van der Waals surface area contributed by atoms with Gasteiger partial charge in [-0.3, -0.25) is 4.90 Å². The molecule has 31 heavy (non-hydrogen) atoms. The molecule has 1 aliphatic heterocycles. The van der Waals surface area contributed by atoms with E-state index in [0.29, 0.717) is 34.2 Å². The Balaban J connectivity index is 2.04. The van der Waals surface area contributed by atoms with Crippen LogP contribution in [-0.4, -0.2) is 43.5 Å². The molecule has 164 valence electrons. The molecule has 0 bridgehead atoms. The molecule has 1 atom stereocenters. The number of methoxy groups -OCH3 is 1. The number of carbonyl (C=O) groups is 1. The zero-order valence-electron chi connectivity index (χ0n) is 18.0. The van der Waals surface area contributed by atoms with Crippen molar-refractivity contribution in [1.29, 1.82) is 0 Å². The Bertz CT molecular complexity index is 1020. The lowest BCUT2D eigenvalue weighted by Gasteiger charge is -2.37. The van der Waals surface area contributed by atoms with Crippen LogP contribution in [0.5, 0.6) is 0 Å². The molecule has 2 aromatic rings. The van der Waals surface area contributed by atoms with Crippen molar-refractivity contribution >= 4 is 34.7 Å². The Hall–Kier alpha value is -2.97. The summed E-state index contributed by atoms with van der Waals surface area (Å²) in [4.78, 5) is 16.3. The van der Waals surface area contributed by atoms with Crippen molar-refractivity contribution in [2.75, 3.05) is 37.1 Å². The van der Waals surface area contributed by atoms with Gasteiger partial charge in [-0.05, 0) is 61.5 Å². The first-order valence-corrected chi connectivity index (χ1v) is 10.3. The zero-order chi connectivity index (χ0) is 22.7. The molecule has 6 nitrogen and oxygen atoms in total. The van der Waals surface area contributed by atoms with Crippen molar-refractivity contribution in [1.82, 2.24) is 5.32 Å². The fourth-order valence-electron chi connectivity index (χ4n) is 3.60. The van der Waals surface area contributed by atoms with Gasteiger partial charge in [-0.1, -0.05) is 18.2 Å². The number of allylic oxidation sites excluding steroid dienone is 1. The topological polar surface area (TPSA) is 65.0 Å². The van der Waals surface area contributed by atoms with Crippen molar-refractivity contribution in [2.45, 2.75) is 19.9 Å². The van der Waals surface area contributed by atoms with Crippen LogP contribution in [0.2, 0.25) is 0 Å². The molecule has 0 fully saturated rings. The maximum absolute atomic E-state index is 14.2. The van der Waals surface area contributed by atoms with Gasteiger partial charge in [0.2, 0.25) is 0 Å². The van der Waals surface area contributed by atoms with E-state index in [4.69, 9.17) is 22.1 Å². The maximum atomic E-state index is 14.2. The summed E-state index contributed by atoms with van der Waals surface area (Å²) in [5.74, 6) is -0.839. The second-order valence-corrected chi connectivity index (χ2v) is 7.77. The number of esters is 1. The molecule has 1 aliphatic rings. The minimum atomic E-state index is -0.510. The van der Waals surface area contributed by atoms with Crippen LogP contribution in [0.25, 0.3) is 0 Å². The molecule has 2 aromatic carbocycles. The Labute approximate surface area is 186 Å². The molecular formula is C23H26FN3O3S. The van der Waals surface area contributed by atoms with Crippen molar-refractivity contribution in [2.24, 2.45) is 0 Å². The van der Waals surface area contributed by atoms with Crippen LogP contribution < -0.4 is 15.1 Å². The smallest absolute Gasteiger partial charge is 0.337 e. The van der Waals surface area contributed by atoms with E-state index in [1.165, 1.54) is 13.2 Å². The number of hydrogen-bond donors (Lipinski definition) is 2. The van der Waals surface area contributed by atoms with Crippen molar-refractivity contribution in [3.63, 3.8) is 0 Å². The van der Waals surface area contributed by atoms with Crippen LogP contribution in [0.1, 0.15) is 24.1 Å². The summed E-state index contributed by atoms with van der Waals surface area (Å²) in [5.41, 5.74) is 3.79. The summed E-state index contributed by atoms with van der Waals surface area (Å²) in [6.07, 6.45) is 0. The van der Waals surface area contributed by atoms with E-state index >= 15 is 0 Å². The van der Waals surface area contributed by atoms with Gasteiger partial charge in [0.1, 0.15) is 5.82 Å². The molecule has 0 aromatic heterocycles. The Morgan fingerprint density at radius 2 is 1.94 bits per heavy atom. The second kappa shape index (κ2) is 9.45. The molecule has 2 N–H and O–H groups in total. The SMILES string of the molecule is COC(=O)C1=C(C)N(c2ccc(C)c(F)c2)C(=S)NC1c1ccc(N(C)CCO)cc1. The highest BCUT2D eigenvalue weighted by Crippen LogP contribution is 2.35. The normalized spacial score (nSPS) is 16.3. The van der Waals surface area contributed by atoms with Gasteiger partial charge in [-0.2, -0.15) is 0 Å². The van der Waals surface area contributed by atoms with Crippen molar-refractivity contribution < 1.29 is 19.0 Å². The molecular weight excluding hydrogens is 417 g/mol. The third kappa shape index (κ3) is 4.55. The standard InChI is InChI=1S/C23H26FN3O3S/c1-14-5-8-18(13-19(14)24)27-15(2)20(22(29)30-4)21(25-23(27)31)16-6-9-17(10-7-16)26(3)11-12-28/h5-10,13,21,28H,11-12H2,1-4H3,(H,25,31). The third-order valence-corrected chi connectivity index (χ3v) is 5.71. The van der Waals surface area contributed by atoms with Gasteiger partial charge in [0.05, 0.1) is 31.0 Å². The molecule has 8 heteroatoms. The summed E-state index contributed by atoms with van der Waals surface area (Å²) in [6, 6.07) is 12.0. The van der Waals surface area contributed by atoms with Gasteiger partial charge in [-0.25, -0.2) is 9.18 Å². The highest BCUT2D eigenvalue weighted by Gasteiger charge is 2.35. The molecule has 1 unspecified atom stereocenters. The van der Waals surface area contributed by atoms with Crippen LogP contribution in [-0.2, 0) is 9.53 Å². The summed E-state index contributed by atoms with van der Waals surface area (Å²) < 4.78 is 19.2. The first-order chi connectivity index (χ1) is 14.8. The van der Waals surface area contributed by atoms with Crippen LogP contribution in [0.4, 0.5) is 15.8 Å². The molecule has 0 saturated heterocycles. The van der Waals surface area contributed by atoms with Gasteiger partial charge in [0, 0.05) is 25.0 Å². The van der Waals surface area contributed by atoms with Crippen LogP contribution in [0, 0.1) is 12.7 Å². The highest BCUT2D eigenvalue weighted by atomic mass is 32.1. The largest absolute Gasteiger partial charge is 0.466 e. The number of hydrogen-bond acceptors (Lipinski definition) is 5. The fraction of sp³-hybridized carbons (Fsp3) is 0.304. The fourth-order valence-corrected chi connectivity index (χ4v) is 3.96. The summed E-state index contributed by atoms with van der Waals surface area (Å²) in [6.45, 7) is 4.03. The number of ether oxygens (including phenoxy) is 1. The first kappa shape index (κ1) is 22.7. The highest BCUT2D eigenvalue weighted by molar-refractivity contribution is 7.80. The average molecular weight is 444 g/mol. The lowest BCUT2D eigenvalue weighted by atomic mass is 9.94. The van der Waals surface area contributed by atoms with E-state index in [-0.39, 0.29) is 12.4 Å². The minimum absolute atomic E-state index is 0.0561. The zero-order valence-corrected chi connectivity index (χ0v) is 18.8. The molecule has 0 spiro atoms. The molecule has 0 aliphatic carbocycles. The third-order valence-electron chi connectivity index (χ3n) is 5.41. The minimum Gasteiger partial charge on any atom is -0.466 e. The summed E-state index contributed by atoms with van der Waals surface area (Å²) in [5, 5.41) is 12.7. The number of carbonyl (C=O) groups excluding carboxylic acids is 1. The van der Waals surface area contributed by atoms with Gasteiger partial charge in [-0.15, -0.1) is 0 Å². The molecule has 0 radical (unpaired) electrons. The van der Waals surface area contributed by atoms with Crippen molar-refractivity contribution in [3.8, 4) is 0 Å². The number of aryl methyl sites for hydroxylation is 1. The molecule has 0 saturated carbocycles. The predicted octanol–water partition coefficient (Wildman–Crippen LogP) is 3.45. The second-order valence-electron chi connectivity index (χ2n) is 7.38. The number of rotatable bonds is 6. The van der Waals surface area contributed by atoms with Crippen molar-refractivity contribution in [3.05, 3.63) is 70.7 Å². The number of nitrogens with one attached hydrogen (secondary N) is 1. The van der Waals surface area contributed by atoms with Crippen LogP contribution >= 0.6 is 12.2 Å². The number of aliphatic hydroxyl groups is 1. The Kier molecular flexibility index (Phi) is 6.92. The molecule has 1 heterocycles. The predicted molar refractivity (Wildman–Crippen MR) is 124 cm³/mol. The quantitative estimate of drug-likeness (QED) is 0.524. The first-order valence-electron chi connectivity index (χ1n) is 9.86. The number of aliphatic hydroxyl groups excluding tert-OH is 1. The lowest BCUT2D eigenvalue weighted by molar-refractivity contribution is -0.136. The summed E-state index contributed by atoms with van der Waals surface area (Å²) in [7, 11) is 3.22. The van der Waals surface area contributed by atoms with Gasteiger partial charge < -0.3 is 20.1 Å². The number of halogens is 1. The summed E-state index contributed by atoms with van der Waals surface area (Å²) >= 11 is 5.59. The number of anilines is 2.